The molecule has 0 fully saturated rings. The average Bonchev–Trinajstić information content (AvgIpc) is 2.58. The van der Waals surface area contributed by atoms with Crippen LogP contribution < -0.4 is 15.4 Å². The van der Waals surface area contributed by atoms with E-state index in [4.69, 9.17) is 0 Å². The molecule has 142 valence electrons. The maximum atomic E-state index is 12.2. The second kappa shape index (κ2) is 12.2. The fourth-order valence-corrected chi connectivity index (χ4v) is 3.58. The van der Waals surface area contributed by atoms with Gasteiger partial charge in [-0.25, -0.2) is 13.1 Å². The lowest BCUT2D eigenvalue weighted by Gasteiger charge is -2.12. The van der Waals surface area contributed by atoms with Gasteiger partial charge in [-0.3, -0.25) is 4.99 Å². The first-order chi connectivity index (χ1) is 12.0. The molecule has 25 heavy (non-hydrogen) atoms. The predicted octanol–water partition coefficient (Wildman–Crippen LogP) is 1.97. The molecule has 0 unspecified atom stereocenters. The third-order valence-electron chi connectivity index (χ3n) is 3.41. The third kappa shape index (κ3) is 9.13. The van der Waals surface area contributed by atoms with Gasteiger partial charge >= 0.3 is 0 Å². The molecule has 0 atom stereocenters. The Balaban J connectivity index is 2.39. The molecule has 0 saturated carbocycles. The maximum absolute atomic E-state index is 12.2. The van der Waals surface area contributed by atoms with Crippen LogP contribution in [0.25, 0.3) is 0 Å². The number of benzene rings is 1. The molecule has 0 aliphatic heterocycles. The van der Waals surface area contributed by atoms with Gasteiger partial charge in [0, 0.05) is 26.2 Å². The standard InChI is InChI=1S/C17H30N4O2S2/c1-4-18-17(19-11-5-6-14-24-3)20-12-13-21-25(22,23)16-9-7-15(2)8-10-16/h7-10,21H,4-6,11-14H2,1-3H3,(H2,18,19,20). The summed E-state index contributed by atoms with van der Waals surface area (Å²) < 4.78 is 27.0. The highest BCUT2D eigenvalue weighted by Crippen LogP contribution is 2.09. The summed E-state index contributed by atoms with van der Waals surface area (Å²) in [5.41, 5.74) is 1.03. The van der Waals surface area contributed by atoms with Crippen LogP contribution in [0, 0.1) is 6.92 Å². The summed E-state index contributed by atoms with van der Waals surface area (Å²) in [6.45, 7) is 6.24. The molecule has 0 radical (unpaired) electrons. The van der Waals surface area contributed by atoms with Gasteiger partial charge in [-0.1, -0.05) is 17.7 Å². The predicted molar refractivity (Wildman–Crippen MR) is 108 cm³/mol. The van der Waals surface area contributed by atoms with E-state index in [1.807, 2.05) is 25.6 Å². The van der Waals surface area contributed by atoms with Gasteiger partial charge in [0.1, 0.15) is 0 Å². The monoisotopic (exact) mass is 386 g/mol. The van der Waals surface area contributed by atoms with Crippen LogP contribution in [0.2, 0.25) is 0 Å². The SMILES string of the molecule is CCNC(=NCCCCSC)NCCNS(=O)(=O)c1ccc(C)cc1. The number of unbranched alkanes of at least 4 members (excludes halogenated alkanes) is 1. The molecular weight excluding hydrogens is 356 g/mol. The van der Waals surface area contributed by atoms with E-state index >= 15 is 0 Å². The number of nitrogens with one attached hydrogen (secondary N) is 3. The van der Waals surface area contributed by atoms with Crippen molar-refractivity contribution >= 4 is 27.7 Å². The van der Waals surface area contributed by atoms with Crippen molar-refractivity contribution in [1.82, 2.24) is 15.4 Å². The molecule has 0 aromatic heterocycles. The summed E-state index contributed by atoms with van der Waals surface area (Å²) in [7, 11) is -3.47. The van der Waals surface area contributed by atoms with E-state index in [1.54, 1.807) is 24.3 Å². The molecule has 1 aromatic carbocycles. The third-order valence-corrected chi connectivity index (χ3v) is 5.59. The molecule has 6 nitrogen and oxygen atoms in total. The highest BCUT2D eigenvalue weighted by molar-refractivity contribution is 7.98. The minimum atomic E-state index is -3.47. The molecule has 1 aromatic rings. The Morgan fingerprint density at radius 2 is 1.84 bits per heavy atom. The van der Waals surface area contributed by atoms with Crippen LogP contribution in [-0.4, -0.2) is 52.6 Å². The first kappa shape index (κ1) is 21.8. The van der Waals surface area contributed by atoms with Crippen LogP contribution in [-0.2, 0) is 10.0 Å². The summed E-state index contributed by atoms with van der Waals surface area (Å²) in [6.07, 6.45) is 4.31. The number of aryl methyl sites for hydroxylation is 1. The van der Waals surface area contributed by atoms with Crippen molar-refractivity contribution in [2.75, 3.05) is 38.2 Å². The second-order valence-electron chi connectivity index (χ2n) is 5.60. The lowest BCUT2D eigenvalue weighted by molar-refractivity contribution is 0.580. The zero-order chi connectivity index (χ0) is 18.5. The first-order valence-corrected chi connectivity index (χ1v) is 11.4. The second-order valence-corrected chi connectivity index (χ2v) is 8.35. The number of hydrogen-bond donors (Lipinski definition) is 3. The fourth-order valence-electron chi connectivity index (χ4n) is 2.06. The van der Waals surface area contributed by atoms with Gasteiger partial charge in [-0.05, 0) is 50.8 Å². The Kier molecular flexibility index (Phi) is 10.6. The molecule has 8 heteroatoms. The van der Waals surface area contributed by atoms with Crippen LogP contribution in [0.1, 0.15) is 25.3 Å². The molecule has 0 aliphatic carbocycles. The van der Waals surface area contributed by atoms with Gasteiger partial charge in [0.2, 0.25) is 10.0 Å². The quantitative estimate of drug-likeness (QED) is 0.308. The summed E-state index contributed by atoms with van der Waals surface area (Å²) in [5, 5.41) is 6.32. The molecule has 3 N–H and O–H groups in total. The molecular formula is C17H30N4O2S2. The minimum absolute atomic E-state index is 0.285. The summed E-state index contributed by atoms with van der Waals surface area (Å²) in [5.74, 6) is 1.88. The molecule has 0 spiro atoms. The Labute approximate surface area is 156 Å². The van der Waals surface area contributed by atoms with Crippen LogP contribution in [0.3, 0.4) is 0 Å². The number of hydrogen-bond acceptors (Lipinski definition) is 4. The van der Waals surface area contributed by atoms with Crippen LogP contribution in [0.4, 0.5) is 0 Å². The summed E-state index contributed by atoms with van der Waals surface area (Å²) >= 11 is 1.84. The van der Waals surface area contributed by atoms with Crippen molar-refractivity contribution in [3.05, 3.63) is 29.8 Å². The van der Waals surface area contributed by atoms with Crippen LogP contribution in [0.15, 0.2) is 34.2 Å². The Bertz CT molecular complexity index is 616. The number of sulfonamides is 1. The Morgan fingerprint density at radius 1 is 1.12 bits per heavy atom. The van der Waals surface area contributed by atoms with E-state index in [1.165, 1.54) is 0 Å². The summed E-state index contributed by atoms with van der Waals surface area (Å²) in [4.78, 5) is 4.78. The van der Waals surface area contributed by atoms with Crippen molar-refractivity contribution in [3.8, 4) is 0 Å². The number of thioether (sulfide) groups is 1. The highest BCUT2D eigenvalue weighted by atomic mass is 32.2. The largest absolute Gasteiger partial charge is 0.357 e. The Morgan fingerprint density at radius 3 is 2.48 bits per heavy atom. The van der Waals surface area contributed by atoms with Gasteiger partial charge < -0.3 is 10.6 Å². The molecule has 1 rings (SSSR count). The fraction of sp³-hybridized carbons (Fsp3) is 0.588. The van der Waals surface area contributed by atoms with Gasteiger partial charge in [-0.2, -0.15) is 11.8 Å². The van der Waals surface area contributed by atoms with E-state index < -0.39 is 10.0 Å². The normalized spacial score (nSPS) is 12.2. The van der Waals surface area contributed by atoms with Crippen molar-refractivity contribution in [2.45, 2.75) is 31.6 Å². The zero-order valence-electron chi connectivity index (χ0n) is 15.3. The molecule has 0 aliphatic rings. The smallest absolute Gasteiger partial charge is 0.240 e. The summed E-state index contributed by atoms with van der Waals surface area (Å²) in [6, 6.07) is 6.82. The van der Waals surface area contributed by atoms with E-state index in [0.29, 0.717) is 13.1 Å². The zero-order valence-corrected chi connectivity index (χ0v) is 17.0. The molecule has 0 saturated heterocycles. The van der Waals surface area contributed by atoms with Crippen molar-refractivity contribution in [1.29, 1.82) is 0 Å². The first-order valence-electron chi connectivity index (χ1n) is 8.57. The number of rotatable bonds is 11. The Hall–Kier alpha value is -1.25. The van der Waals surface area contributed by atoms with E-state index in [2.05, 4.69) is 26.6 Å². The number of guanidine groups is 1. The number of aliphatic imine (C=N–C) groups is 1. The lowest BCUT2D eigenvalue weighted by Crippen LogP contribution is -2.41. The molecule has 0 amide bonds. The molecule has 0 heterocycles. The lowest BCUT2D eigenvalue weighted by atomic mass is 10.2. The van der Waals surface area contributed by atoms with Gasteiger partial charge in [0.05, 0.1) is 4.90 Å². The average molecular weight is 387 g/mol. The van der Waals surface area contributed by atoms with Crippen molar-refractivity contribution in [2.24, 2.45) is 4.99 Å². The minimum Gasteiger partial charge on any atom is -0.357 e. The maximum Gasteiger partial charge on any atom is 0.240 e. The molecule has 0 bridgehead atoms. The van der Waals surface area contributed by atoms with Crippen LogP contribution >= 0.6 is 11.8 Å². The van der Waals surface area contributed by atoms with Crippen LogP contribution in [0.5, 0.6) is 0 Å². The van der Waals surface area contributed by atoms with Gasteiger partial charge in [0.15, 0.2) is 5.96 Å². The van der Waals surface area contributed by atoms with E-state index in [9.17, 15) is 8.42 Å². The highest BCUT2D eigenvalue weighted by Gasteiger charge is 2.12. The van der Waals surface area contributed by atoms with Crippen molar-refractivity contribution < 1.29 is 8.42 Å². The van der Waals surface area contributed by atoms with Crippen molar-refractivity contribution in [3.63, 3.8) is 0 Å². The van der Waals surface area contributed by atoms with Gasteiger partial charge in [-0.15, -0.1) is 0 Å². The van der Waals surface area contributed by atoms with E-state index in [-0.39, 0.29) is 4.90 Å². The number of nitrogens with zero attached hydrogens (tertiary/aromatic N) is 1. The topological polar surface area (TPSA) is 82.6 Å². The van der Waals surface area contributed by atoms with E-state index in [0.717, 1.165) is 43.2 Å². The van der Waals surface area contributed by atoms with Gasteiger partial charge in [0.25, 0.3) is 0 Å².